The van der Waals surface area contributed by atoms with Gasteiger partial charge in [0.1, 0.15) is 24.8 Å². The Labute approximate surface area is 624 Å². The standard InChI is InChI=1S/C23H25N7O3.C15H18N6O2.C15H20N6.C11H17N3.C4H2ClN3O2.C2HF3O2/c1-16-3-6-20(30(32)33)13-21(16)22(31)26-18-14-24-23(25-15-18)27-17-4-7-19(8-5-17)29-11-9-28(2)10-12-29;1-19-6-8-20(9-7-19)13-4-2-12(3-5-13)18-15-16-10-14(11-17-15)21(22)23;1-20-6-8-21(9-7-20)14-4-2-13(3-5-14)19-15-17-10-12(16)11-18-15;1-13-6-8-14(9-7-13)11-4-2-10(12)3-5-11;5-4-6-1-3(2-7-4)8(9)10;3-2(4,5)1(6)7/h3-8,13-15H,9-12H2,1-2H3,(H,26,31)(H,24,25,27);2-5,10-11H,6-9H2,1H3,(H,16,17,18);2-5,10-11H,6-9,16H2,1H3,(H,17,18,19);2-5H,6-9,12H2,1H3;1-2H;(H,6,7). The van der Waals surface area contributed by atoms with Gasteiger partial charge >= 0.3 is 23.5 Å². The van der Waals surface area contributed by atoms with Crippen LogP contribution < -0.4 is 52.3 Å². The molecule has 0 bridgehead atoms. The highest BCUT2D eigenvalue weighted by Crippen LogP contribution is 2.27. The molecule has 0 aliphatic carbocycles. The van der Waals surface area contributed by atoms with Gasteiger partial charge in [-0.25, -0.2) is 44.7 Å². The number of nitrogen functional groups attached to an aromatic ring is 2. The summed E-state index contributed by atoms with van der Waals surface area (Å²) in [6.45, 7) is 18.9. The van der Waals surface area contributed by atoms with Gasteiger partial charge in [0.25, 0.3) is 11.6 Å². The number of amides is 1. The number of anilines is 13. The van der Waals surface area contributed by atoms with Crippen molar-refractivity contribution in [3.63, 3.8) is 0 Å². The van der Waals surface area contributed by atoms with Gasteiger partial charge in [-0.3, -0.25) is 35.1 Å². The molecule has 13 rings (SSSR count). The maximum atomic E-state index is 12.6. The quantitative estimate of drug-likeness (QED) is 0.0217. The second-order valence-corrected chi connectivity index (χ2v) is 25.2. The van der Waals surface area contributed by atoms with E-state index in [0.29, 0.717) is 34.8 Å². The minimum atomic E-state index is -5.08. The van der Waals surface area contributed by atoms with E-state index in [1.165, 1.54) is 59.7 Å². The molecule has 4 aliphatic heterocycles. The van der Waals surface area contributed by atoms with Crippen LogP contribution in [0, 0.1) is 37.3 Å². The number of nitro benzene ring substituents is 1. The molecule has 4 aliphatic rings. The third kappa shape index (κ3) is 26.4. The smallest absolute Gasteiger partial charge is 0.475 e. The molecule has 8 heterocycles. The van der Waals surface area contributed by atoms with E-state index >= 15 is 0 Å². The summed E-state index contributed by atoms with van der Waals surface area (Å²) in [6, 6.07) is 36.8. The molecule has 0 saturated carbocycles. The molecule has 108 heavy (non-hydrogen) atoms. The molecule has 0 unspecified atom stereocenters. The van der Waals surface area contributed by atoms with Crippen molar-refractivity contribution < 1.29 is 42.6 Å². The van der Waals surface area contributed by atoms with Crippen LogP contribution in [0.3, 0.4) is 0 Å². The number of carboxylic acid groups (broad SMARTS) is 1. The Morgan fingerprint density at radius 1 is 0.426 bits per heavy atom. The van der Waals surface area contributed by atoms with Crippen LogP contribution in [0.15, 0.2) is 165 Å². The second kappa shape index (κ2) is 39.7. The third-order valence-electron chi connectivity index (χ3n) is 16.9. The van der Waals surface area contributed by atoms with Gasteiger partial charge in [-0.2, -0.15) is 13.2 Å². The van der Waals surface area contributed by atoms with Crippen molar-refractivity contribution in [2.75, 3.05) is 185 Å². The van der Waals surface area contributed by atoms with Crippen LogP contribution in [-0.4, -0.2) is 230 Å². The number of nitrogens with one attached hydrogen (secondary N) is 4. The van der Waals surface area contributed by atoms with E-state index in [0.717, 1.165) is 140 Å². The molecule has 4 saturated heterocycles. The molecule has 9 N–H and O–H groups in total. The van der Waals surface area contributed by atoms with Crippen molar-refractivity contribution in [3.8, 4) is 0 Å². The maximum Gasteiger partial charge on any atom is 0.490 e. The number of carbonyl (C=O) groups excluding carboxylic acids is 1. The number of hydrogen-bond donors (Lipinski definition) is 7. The Kier molecular flexibility index (Phi) is 29.9. The largest absolute Gasteiger partial charge is 0.490 e. The SMILES string of the molecule is CN1CCN(c2ccc(N)cc2)CC1.CN1CCN(c2ccc(Nc3ncc(N)cn3)cc2)CC1.CN1CCN(c2ccc(Nc3ncc([N+](=O)[O-])cn3)cc2)CC1.Cc1ccc([N+](=O)[O-])cc1C(=O)Nc1cnc(Nc2ccc(N3CCN(C)CC3)cc2)nc1.O=C(O)C(F)(F)F.O=[N+]([O-])c1cnc(Cl)nc1. The summed E-state index contributed by atoms with van der Waals surface area (Å²) in [4.78, 5) is 102. The monoisotopic (exact) mass is 1510 g/mol. The van der Waals surface area contributed by atoms with Crippen LogP contribution in [0.4, 0.5) is 105 Å². The second-order valence-electron chi connectivity index (χ2n) is 24.9. The Morgan fingerprint density at radius 2 is 0.713 bits per heavy atom. The van der Waals surface area contributed by atoms with Gasteiger partial charge in [0, 0.05) is 168 Å². The number of aliphatic carboxylic acids is 1. The van der Waals surface area contributed by atoms with Gasteiger partial charge in [-0.05, 0) is 149 Å². The minimum Gasteiger partial charge on any atom is -0.475 e. The van der Waals surface area contributed by atoms with E-state index in [1.54, 1.807) is 25.4 Å². The Hall–Kier alpha value is -12.3. The van der Waals surface area contributed by atoms with E-state index in [-0.39, 0.29) is 27.9 Å². The van der Waals surface area contributed by atoms with Crippen LogP contribution in [-0.2, 0) is 4.79 Å². The number of halogens is 4. The molecule has 1 amide bonds. The van der Waals surface area contributed by atoms with Crippen molar-refractivity contribution in [1.29, 1.82) is 0 Å². The molecule has 4 fully saturated rings. The highest BCUT2D eigenvalue weighted by Gasteiger charge is 2.38. The average molecular weight is 1510 g/mol. The molecular formula is C70H83ClF3N25O9. The number of nitrogens with two attached hydrogens (primary N) is 2. The fourth-order valence-corrected chi connectivity index (χ4v) is 10.6. The van der Waals surface area contributed by atoms with Crippen LogP contribution >= 0.6 is 11.6 Å². The molecule has 4 aromatic heterocycles. The first-order chi connectivity index (χ1) is 51.6. The number of carbonyl (C=O) groups is 2. The number of rotatable bonds is 15. The fraction of sp³-hybridized carbons (Fsp3) is 0.314. The zero-order chi connectivity index (χ0) is 77.9. The molecule has 0 spiro atoms. The number of nitrogens with zero attached hydrogens (tertiary/aromatic N) is 19. The number of alkyl halides is 3. The maximum absolute atomic E-state index is 12.6. The molecule has 38 heteroatoms. The molecule has 5 aromatic carbocycles. The van der Waals surface area contributed by atoms with Crippen molar-refractivity contribution in [1.82, 2.24) is 59.5 Å². The predicted molar refractivity (Wildman–Crippen MR) is 409 cm³/mol. The lowest BCUT2D eigenvalue weighted by atomic mass is 10.1. The van der Waals surface area contributed by atoms with Crippen molar-refractivity contribution >= 4 is 115 Å². The zero-order valence-electron chi connectivity index (χ0n) is 59.8. The van der Waals surface area contributed by atoms with Gasteiger partial charge in [0.2, 0.25) is 23.1 Å². The van der Waals surface area contributed by atoms with Gasteiger partial charge in [0.05, 0.1) is 50.9 Å². The van der Waals surface area contributed by atoms with E-state index in [1.807, 2.05) is 48.5 Å². The summed E-state index contributed by atoms with van der Waals surface area (Å²) in [7, 11) is 8.60. The lowest BCUT2D eigenvalue weighted by Gasteiger charge is -2.34. The molecule has 0 atom stereocenters. The third-order valence-corrected chi connectivity index (χ3v) is 17.1. The van der Waals surface area contributed by atoms with Crippen molar-refractivity contribution in [2.45, 2.75) is 13.1 Å². The number of piperazine rings is 4. The first-order valence-corrected chi connectivity index (χ1v) is 34.0. The molecule has 0 radical (unpaired) electrons. The molecule has 9 aromatic rings. The topological polar surface area (TPSA) is 413 Å². The average Bonchev–Trinajstić information content (AvgIpc) is 0.854. The summed E-state index contributed by atoms with van der Waals surface area (Å²) in [5.74, 6) is -1.93. The Bertz CT molecular complexity index is 4330. The summed E-state index contributed by atoms with van der Waals surface area (Å²) < 4.78 is 31.7. The molecule has 34 nitrogen and oxygen atoms in total. The number of carboxylic acids is 1. The number of non-ortho nitro benzene ring substituents is 1. The van der Waals surface area contributed by atoms with Crippen LogP contribution in [0.25, 0.3) is 0 Å². The van der Waals surface area contributed by atoms with E-state index in [2.05, 4.69) is 177 Å². The van der Waals surface area contributed by atoms with E-state index in [9.17, 15) is 48.3 Å². The van der Waals surface area contributed by atoms with Crippen LogP contribution in [0.5, 0.6) is 0 Å². The number of benzene rings is 5. The molecule has 570 valence electrons. The number of nitro groups is 3. The predicted octanol–water partition coefficient (Wildman–Crippen LogP) is 9.57. The normalized spacial score (nSPS) is 14.7. The zero-order valence-corrected chi connectivity index (χ0v) is 60.5. The number of aromatic nitrogens is 8. The fourth-order valence-electron chi connectivity index (χ4n) is 10.5. The first kappa shape index (κ1) is 81.4. The van der Waals surface area contributed by atoms with Crippen molar-refractivity contribution in [3.05, 3.63) is 212 Å². The Balaban J connectivity index is 0.000000174. The lowest BCUT2D eigenvalue weighted by Crippen LogP contribution is -2.44. The summed E-state index contributed by atoms with van der Waals surface area (Å²) in [5.41, 5.74) is 21.0. The summed E-state index contributed by atoms with van der Waals surface area (Å²) in [6.07, 6.45) is 5.55. The van der Waals surface area contributed by atoms with Gasteiger partial charge < -0.3 is 77.0 Å². The molecular weight excluding hydrogens is 1430 g/mol. The van der Waals surface area contributed by atoms with Crippen molar-refractivity contribution in [2.24, 2.45) is 0 Å². The lowest BCUT2D eigenvalue weighted by molar-refractivity contribution is -0.385. The Morgan fingerprint density at radius 3 is 1.02 bits per heavy atom. The van der Waals surface area contributed by atoms with E-state index in [4.69, 9.17) is 33.0 Å². The first-order valence-electron chi connectivity index (χ1n) is 33.7. The number of aryl methyl sites for hydroxylation is 1. The summed E-state index contributed by atoms with van der Waals surface area (Å²) >= 11 is 5.27. The van der Waals surface area contributed by atoms with Crippen LogP contribution in [0.1, 0.15) is 15.9 Å². The van der Waals surface area contributed by atoms with Gasteiger partial charge in [0.15, 0.2) is 0 Å². The van der Waals surface area contributed by atoms with Crippen LogP contribution in [0.2, 0.25) is 5.28 Å². The summed E-state index contributed by atoms with van der Waals surface area (Å²) in [5, 5.41) is 50.7. The van der Waals surface area contributed by atoms with Gasteiger partial charge in [-0.15, -0.1) is 0 Å². The highest BCUT2D eigenvalue weighted by molar-refractivity contribution is 6.28. The number of hydrogen-bond acceptors (Lipinski definition) is 29. The highest BCUT2D eigenvalue weighted by atomic mass is 35.5. The minimum absolute atomic E-state index is 0.00519. The van der Waals surface area contributed by atoms with Gasteiger partial charge in [-0.1, -0.05) is 6.07 Å². The van der Waals surface area contributed by atoms with E-state index < -0.39 is 32.8 Å². The number of likely N-dealkylation sites (N-methyl/N-ethyl adjacent to an activating group) is 4.